The summed E-state index contributed by atoms with van der Waals surface area (Å²) < 4.78 is 10.4. The average Bonchev–Trinajstić information content (AvgIpc) is 2.51. The molecule has 0 heterocycles. The van der Waals surface area contributed by atoms with Crippen molar-refractivity contribution in [3.8, 4) is 5.75 Å². The lowest BCUT2D eigenvalue weighted by molar-refractivity contribution is -0.160. The molecule has 0 spiro atoms. The Hall–Kier alpha value is -2.10. The van der Waals surface area contributed by atoms with Crippen LogP contribution in [0.15, 0.2) is 30.3 Å². The summed E-state index contributed by atoms with van der Waals surface area (Å²) in [5, 5.41) is 0. The molecule has 0 saturated heterocycles. The second kappa shape index (κ2) is 7.78. The van der Waals surface area contributed by atoms with Gasteiger partial charge < -0.3 is 9.47 Å². The normalized spacial score (nSPS) is 15.1. The summed E-state index contributed by atoms with van der Waals surface area (Å²) >= 11 is 0. The molecule has 0 aliphatic carbocycles. The van der Waals surface area contributed by atoms with Crippen LogP contribution in [0.4, 0.5) is 0 Å². The summed E-state index contributed by atoms with van der Waals surface area (Å²) in [4.78, 5) is 24.2. The summed E-state index contributed by atoms with van der Waals surface area (Å²) in [6.07, 6.45) is 3.71. The van der Waals surface area contributed by atoms with E-state index in [1.807, 2.05) is 43.3 Å². The van der Waals surface area contributed by atoms with Crippen molar-refractivity contribution in [2.75, 3.05) is 13.7 Å². The molecule has 0 saturated carbocycles. The topological polar surface area (TPSA) is 52.6 Å². The largest absolute Gasteiger partial charge is 0.496 e. The minimum atomic E-state index is -1.19. The SMILES string of the molecule is CCOC(=O)[C@](C)(C(C)=O)[C@H](C)/C=C/c1ccccc1OC. The van der Waals surface area contributed by atoms with E-state index in [1.54, 1.807) is 21.0 Å². The van der Waals surface area contributed by atoms with E-state index < -0.39 is 11.4 Å². The van der Waals surface area contributed by atoms with E-state index >= 15 is 0 Å². The molecule has 0 bridgehead atoms. The minimum Gasteiger partial charge on any atom is -0.496 e. The predicted octanol–water partition coefficient (Wildman–Crippen LogP) is 3.50. The average molecular weight is 304 g/mol. The first-order chi connectivity index (χ1) is 10.4. The van der Waals surface area contributed by atoms with Crippen molar-refractivity contribution in [1.82, 2.24) is 0 Å². The standard InChI is InChI=1S/C18H24O4/c1-6-22-17(20)18(4,14(3)19)13(2)11-12-15-9-7-8-10-16(15)21-5/h7-13H,6H2,1-5H3/b12-11+/t13-,18+/m1/s1. The second-order valence-electron chi connectivity index (χ2n) is 5.37. The second-order valence-corrected chi connectivity index (χ2v) is 5.37. The van der Waals surface area contributed by atoms with Crippen LogP contribution < -0.4 is 4.74 Å². The summed E-state index contributed by atoms with van der Waals surface area (Å²) in [7, 11) is 1.61. The third kappa shape index (κ3) is 3.75. The number of para-hydroxylation sites is 1. The molecule has 0 amide bonds. The van der Waals surface area contributed by atoms with E-state index in [0.29, 0.717) is 0 Å². The fraction of sp³-hybridized carbons (Fsp3) is 0.444. The number of carbonyl (C=O) groups excluding carboxylic acids is 2. The van der Waals surface area contributed by atoms with Gasteiger partial charge >= 0.3 is 5.97 Å². The van der Waals surface area contributed by atoms with E-state index in [-0.39, 0.29) is 18.3 Å². The highest BCUT2D eigenvalue weighted by Gasteiger charge is 2.43. The van der Waals surface area contributed by atoms with E-state index in [2.05, 4.69) is 0 Å². The third-order valence-electron chi connectivity index (χ3n) is 4.04. The molecule has 0 aliphatic rings. The van der Waals surface area contributed by atoms with E-state index in [4.69, 9.17) is 9.47 Å². The van der Waals surface area contributed by atoms with Crippen LogP contribution in [-0.4, -0.2) is 25.5 Å². The predicted molar refractivity (Wildman–Crippen MR) is 86.6 cm³/mol. The van der Waals surface area contributed by atoms with Gasteiger partial charge in [-0.15, -0.1) is 0 Å². The van der Waals surface area contributed by atoms with Gasteiger partial charge in [-0.1, -0.05) is 37.3 Å². The summed E-state index contributed by atoms with van der Waals surface area (Å²) in [5.41, 5.74) is -0.291. The number of methoxy groups -OCH3 is 1. The van der Waals surface area contributed by atoms with Gasteiger partial charge in [-0.3, -0.25) is 9.59 Å². The number of benzene rings is 1. The monoisotopic (exact) mass is 304 g/mol. The lowest BCUT2D eigenvalue weighted by Crippen LogP contribution is -2.41. The van der Waals surface area contributed by atoms with Crippen LogP contribution in [0, 0.1) is 11.3 Å². The fourth-order valence-corrected chi connectivity index (χ4v) is 2.18. The van der Waals surface area contributed by atoms with Crippen molar-refractivity contribution in [3.63, 3.8) is 0 Å². The van der Waals surface area contributed by atoms with Crippen molar-refractivity contribution in [1.29, 1.82) is 0 Å². The zero-order chi connectivity index (χ0) is 16.8. The van der Waals surface area contributed by atoms with Gasteiger partial charge in [0.05, 0.1) is 13.7 Å². The summed E-state index contributed by atoms with van der Waals surface area (Å²) in [6, 6.07) is 7.57. The molecule has 2 atom stereocenters. The van der Waals surface area contributed by atoms with Gasteiger partial charge in [0.25, 0.3) is 0 Å². The maximum Gasteiger partial charge on any atom is 0.319 e. The summed E-state index contributed by atoms with van der Waals surface area (Å²) in [5.74, 6) is -0.247. The Kier molecular flexibility index (Phi) is 6.35. The van der Waals surface area contributed by atoms with E-state index in [9.17, 15) is 9.59 Å². The van der Waals surface area contributed by atoms with Crippen molar-refractivity contribution in [2.45, 2.75) is 27.7 Å². The maximum absolute atomic E-state index is 12.2. The number of hydrogen-bond acceptors (Lipinski definition) is 4. The number of ether oxygens (including phenoxy) is 2. The van der Waals surface area contributed by atoms with Gasteiger partial charge in [-0.25, -0.2) is 0 Å². The fourth-order valence-electron chi connectivity index (χ4n) is 2.18. The van der Waals surface area contributed by atoms with Gasteiger partial charge in [0.2, 0.25) is 0 Å². The van der Waals surface area contributed by atoms with Gasteiger partial charge in [0, 0.05) is 5.56 Å². The van der Waals surface area contributed by atoms with Gasteiger partial charge in [-0.05, 0) is 32.8 Å². The number of rotatable bonds is 7. The number of esters is 1. The Bertz CT molecular complexity index is 562. The molecule has 1 aromatic rings. The molecule has 1 aromatic carbocycles. The molecule has 0 fully saturated rings. The van der Waals surface area contributed by atoms with Gasteiger partial charge in [0.1, 0.15) is 16.9 Å². The Morgan fingerprint density at radius 3 is 2.50 bits per heavy atom. The number of hydrogen-bond donors (Lipinski definition) is 0. The lowest BCUT2D eigenvalue weighted by Gasteiger charge is -2.28. The highest BCUT2D eigenvalue weighted by molar-refractivity contribution is 6.02. The molecule has 120 valence electrons. The zero-order valence-corrected chi connectivity index (χ0v) is 13.9. The van der Waals surface area contributed by atoms with Gasteiger partial charge in [0.15, 0.2) is 0 Å². The Morgan fingerprint density at radius 1 is 1.32 bits per heavy atom. The van der Waals surface area contributed by atoms with E-state index in [1.165, 1.54) is 6.92 Å². The number of ketones is 1. The highest BCUT2D eigenvalue weighted by atomic mass is 16.5. The van der Waals surface area contributed by atoms with Gasteiger partial charge in [-0.2, -0.15) is 0 Å². The maximum atomic E-state index is 12.2. The number of allylic oxidation sites excluding steroid dienone is 1. The van der Waals surface area contributed by atoms with Crippen molar-refractivity contribution in [3.05, 3.63) is 35.9 Å². The molecule has 0 radical (unpaired) electrons. The van der Waals surface area contributed by atoms with Crippen molar-refractivity contribution >= 4 is 17.8 Å². The van der Waals surface area contributed by atoms with Crippen molar-refractivity contribution in [2.24, 2.45) is 11.3 Å². The lowest BCUT2D eigenvalue weighted by atomic mass is 9.74. The number of carbonyl (C=O) groups is 2. The first kappa shape index (κ1) is 18.0. The molecule has 22 heavy (non-hydrogen) atoms. The number of Topliss-reactive ketones (excluding diaryl/α,β-unsaturated/α-hetero) is 1. The van der Waals surface area contributed by atoms with Crippen LogP contribution in [0.1, 0.15) is 33.3 Å². The third-order valence-corrected chi connectivity index (χ3v) is 4.04. The zero-order valence-electron chi connectivity index (χ0n) is 13.9. The molecule has 0 N–H and O–H groups in total. The molecule has 4 heteroatoms. The molecular weight excluding hydrogens is 280 g/mol. The van der Waals surface area contributed by atoms with Crippen molar-refractivity contribution < 1.29 is 19.1 Å². The molecule has 4 nitrogen and oxygen atoms in total. The van der Waals surface area contributed by atoms with Crippen LogP contribution in [0.2, 0.25) is 0 Å². The Morgan fingerprint density at radius 2 is 1.95 bits per heavy atom. The smallest absolute Gasteiger partial charge is 0.319 e. The van der Waals surface area contributed by atoms with Crippen LogP contribution in [-0.2, 0) is 14.3 Å². The van der Waals surface area contributed by atoms with Crippen LogP contribution >= 0.6 is 0 Å². The minimum absolute atomic E-state index is 0.205. The van der Waals surface area contributed by atoms with Crippen LogP contribution in [0.25, 0.3) is 6.08 Å². The molecular formula is C18H24O4. The molecule has 0 aromatic heterocycles. The Labute approximate surface area is 132 Å². The summed E-state index contributed by atoms with van der Waals surface area (Å²) in [6.45, 7) is 6.87. The first-order valence-electron chi connectivity index (χ1n) is 7.37. The van der Waals surface area contributed by atoms with Crippen LogP contribution in [0.3, 0.4) is 0 Å². The molecule has 0 aliphatic heterocycles. The highest BCUT2D eigenvalue weighted by Crippen LogP contribution is 2.32. The quantitative estimate of drug-likeness (QED) is 0.571. The Balaban J connectivity index is 3.06. The molecule has 0 unspecified atom stereocenters. The van der Waals surface area contributed by atoms with E-state index in [0.717, 1.165) is 11.3 Å². The molecule has 1 rings (SSSR count). The first-order valence-corrected chi connectivity index (χ1v) is 7.37. The van der Waals surface area contributed by atoms with Crippen LogP contribution in [0.5, 0.6) is 5.75 Å².